The smallest absolute Gasteiger partial charge is 0.225 e. The summed E-state index contributed by atoms with van der Waals surface area (Å²) in [6.07, 6.45) is -0.483. The molecule has 1 N–H and O–H groups in total. The van der Waals surface area contributed by atoms with E-state index in [2.05, 4.69) is 0 Å². The van der Waals surface area contributed by atoms with Crippen LogP contribution in [0.1, 0.15) is 30.6 Å². The second kappa shape index (κ2) is 7.23. The predicted molar refractivity (Wildman–Crippen MR) is 92.8 cm³/mol. The minimum atomic E-state index is -1.03. The molecule has 0 aromatic heterocycles. The third-order valence-corrected chi connectivity index (χ3v) is 4.82. The van der Waals surface area contributed by atoms with Crippen molar-refractivity contribution in [1.29, 1.82) is 0 Å². The minimum absolute atomic E-state index is 0.0933. The van der Waals surface area contributed by atoms with Crippen LogP contribution in [0, 0.1) is 5.82 Å². The third-order valence-electron chi connectivity index (χ3n) is 4.82. The highest BCUT2D eigenvalue weighted by atomic mass is 19.1. The van der Waals surface area contributed by atoms with Gasteiger partial charge in [0.25, 0.3) is 0 Å². The molecule has 0 fully saturated rings. The van der Waals surface area contributed by atoms with E-state index in [1.165, 1.54) is 18.2 Å². The van der Waals surface area contributed by atoms with E-state index >= 15 is 0 Å². The largest absolute Gasteiger partial charge is 0.488 e. The number of rotatable bonds is 5. The second-order valence-corrected chi connectivity index (χ2v) is 6.49. The van der Waals surface area contributed by atoms with Crippen LogP contribution in [0.4, 0.5) is 4.39 Å². The van der Waals surface area contributed by atoms with E-state index in [9.17, 15) is 14.3 Å². The van der Waals surface area contributed by atoms with Gasteiger partial charge in [-0.25, -0.2) is 4.39 Å². The maximum atomic E-state index is 13.3. The zero-order valence-corrected chi connectivity index (χ0v) is 14.4. The summed E-state index contributed by atoms with van der Waals surface area (Å²) in [5.74, 6) is 0.228. The minimum Gasteiger partial charge on any atom is -0.488 e. The van der Waals surface area contributed by atoms with Gasteiger partial charge in [-0.15, -0.1) is 0 Å². The number of fused-ring (bicyclic) bond motifs is 1. The summed E-state index contributed by atoms with van der Waals surface area (Å²) in [6, 6.07) is 13.4. The predicted octanol–water partition coefficient (Wildman–Crippen LogP) is 3.10. The Labute approximate surface area is 146 Å². The molecule has 3 unspecified atom stereocenters. The second-order valence-electron chi connectivity index (χ2n) is 6.49. The molecule has 25 heavy (non-hydrogen) atoms. The van der Waals surface area contributed by atoms with Crippen molar-refractivity contribution in [3.63, 3.8) is 0 Å². The first-order valence-electron chi connectivity index (χ1n) is 8.39. The molecule has 0 bridgehead atoms. The highest BCUT2D eigenvalue weighted by Gasteiger charge is 2.32. The third kappa shape index (κ3) is 3.82. The van der Waals surface area contributed by atoms with Gasteiger partial charge in [0, 0.05) is 13.5 Å². The monoisotopic (exact) mass is 343 g/mol. The van der Waals surface area contributed by atoms with Gasteiger partial charge in [0.05, 0.1) is 18.6 Å². The summed E-state index contributed by atoms with van der Waals surface area (Å²) in [7, 11) is 1.71. The molecule has 2 aromatic rings. The quantitative estimate of drug-likeness (QED) is 0.908. The molecule has 1 heterocycles. The molecule has 1 aliphatic heterocycles. The number of carbonyl (C=O) groups excluding carboxylic acids is 1. The fraction of sp³-hybridized carbons (Fsp3) is 0.350. The van der Waals surface area contributed by atoms with Gasteiger partial charge in [0.15, 0.2) is 0 Å². The van der Waals surface area contributed by atoms with Crippen molar-refractivity contribution >= 4 is 5.91 Å². The Kier molecular flexibility index (Phi) is 5.04. The first-order chi connectivity index (χ1) is 12.0. The van der Waals surface area contributed by atoms with Crippen molar-refractivity contribution in [2.45, 2.75) is 38.0 Å². The topological polar surface area (TPSA) is 49.8 Å². The lowest BCUT2D eigenvalue weighted by Crippen LogP contribution is -2.45. The molecule has 132 valence electrons. The number of ether oxygens (including phenoxy) is 1. The van der Waals surface area contributed by atoms with Gasteiger partial charge in [-0.05, 0) is 36.2 Å². The molecule has 5 heteroatoms. The molecular weight excluding hydrogens is 321 g/mol. The van der Waals surface area contributed by atoms with Crippen LogP contribution in [0.3, 0.4) is 0 Å². The van der Waals surface area contributed by atoms with E-state index in [0.717, 1.165) is 17.7 Å². The number of para-hydroxylation sites is 1. The van der Waals surface area contributed by atoms with Crippen molar-refractivity contribution in [2.24, 2.45) is 0 Å². The molecular formula is C20H22FNO3. The first kappa shape index (κ1) is 17.4. The lowest BCUT2D eigenvalue weighted by atomic mass is 10.0. The standard InChI is InChI=1S/C20H22FNO3/c1-13(19-11-15-6-3-4-9-18(15)25-19)22(2)20(24)12-17(23)14-7-5-8-16(21)10-14/h3-10,13,17,19,23H,11-12H2,1-2H3. The van der Waals surface area contributed by atoms with Crippen LogP contribution < -0.4 is 4.74 Å². The van der Waals surface area contributed by atoms with Crippen LogP contribution in [-0.4, -0.2) is 35.1 Å². The fourth-order valence-electron chi connectivity index (χ4n) is 3.10. The zero-order valence-electron chi connectivity index (χ0n) is 14.4. The molecule has 0 spiro atoms. The number of amides is 1. The number of aliphatic hydroxyl groups excluding tert-OH is 1. The average molecular weight is 343 g/mol. The van der Waals surface area contributed by atoms with Gasteiger partial charge in [-0.2, -0.15) is 0 Å². The molecule has 0 aliphatic carbocycles. The molecule has 1 amide bonds. The van der Waals surface area contributed by atoms with Crippen LogP contribution >= 0.6 is 0 Å². The normalized spacial score (nSPS) is 18.2. The van der Waals surface area contributed by atoms with Crippen molar-refractivity contribution in [3.8, 4) is 5.75 Å². The van der Waals surface area contributed by atoms with Crippen molar-refractivity contribution in [3.05, 3.63) is 65.5 Å². The molecule has 4 nitrogen and oxygen atoms in total. The van der Waals surface area contributed by atoms with Gasteiger partial charge in [-0.3, -0.25) is 4.79 Å². The number of halogens is 1. The van der Waals surface area contributed by atoms with Gasteiger partial charge in [0.1, 0.15) is 17.7 Å². The number of hydrogen-bond acceptors (Lipinski definition) is 3. The highest BCUT2D eigenvalue weighted by Crippen LogP contribution is 2.31. The lowest BCUT2D eigenvalue weighted by Gasteiger charge is -2.30. The molecule has 1 aliphatic rings. The maximum absolute atomic E-state index is 13.3. The Morgan fingerprint density at radius 2 is 2.08 bits per heavy atom. The molecule has 3 rings (SSSR count). The van der Waals surface area contributed by atoms with E-state index in [0.29, 0.717) is 5.56 Å². The Morgan fingerprint density at radius 1 is 1.32 bits per heavy atom. The van der Waals surface area contributed by atoms with Gasteiger partial charge < -0.3 is 14.7 Å². The molecule has 3 atom stereocenters. The van der Waals surface area contributed by atoms with Gasteiger partial charge in [-0.1, -0.05) is 30.3 Å². The molecule has 0 saturated carbocycles. The van der Waals surface area contributed by atoms with E-state index in [-0.39, 0.29) is 24.5 Å². The number of likely N-dealkylation sites (N-methyl/N-ethyl adjacent to an activating group) is 1. The van der Waals surface area contributed by atoms with Crippen LogP contribution in [0.15, 0.2) is 48.5 Å². The van der Waals surface area contributed by atoms with E-state index in [1.807, 2.05) is 31.2 Å². The van der Waals surface area contributed by atoms with Gasteiger partial charge in [0.2, 0.25) is 5.91 Å². The van der Waals surface area contributed by atoms with Crippen molar-refractivity contribution in [2.75, 3.05) is 7.05 Å². The fourth-order valence-corrected chi connectivity index (χ4v) is 3.10. The number of aliphatic hydroxyl groups is 1. The van der Waals surface area contributed by atoms with Crippen LogP contribution in [-0.2, 0) is 11.2 Å². The van der Waals surface area contributed by atoms with Gasteiger partial charge >= 0.3 is 0 Å². The maximum Gasteiger partial charge on any atom is 0.225 e. The molecule has 2 aromatic carbocycles. The Morgan fingerprint density at radius 3 is 2.80 bits per heavy atom. The SMILES string of the molecule is CC(C1Cc2ccccc2O1)N(C)C(=O)CC(O)c1cccc(F)c1. The zero-order chi connectivity index (χ0) is 18.0. The van der Waals surface area contributed by atoms with Crippen molar-refractivity contribution in [1.82, 2.24) is 4.90 Å². The average Bonchev–Trinajstić information content (AvgIpc) is 3.04. The summed E-state index contributed by atoms with van der Waals surface area (Å²) in [5.41, 5.74) is 1.54. The van der Waals surface area contributed by atoms with Crippen LogP contribution in [0.25, 0.3) is 0 Å². The Bertz CT molecular complexity index is 739. The van der Waals surface area contributed by atoms with Crippen molar-refractivity contribution < 1.29 is 19.0 Å². The number of carbonyl (C=O) groups is 1. The summed E-state index contributed by atoms with van der Waals surface area (Å²) >= 11 is 0. The van der Waals surface area contributed by atoms with E-state index in [4.69, 9.17) is 4.74 Å². The number of hydrogen-bond donors (Lipinski definition) is 1. The summed E-state index contributed by atoms with van der Waals surface area (Å²) < 4.78 is 19.2. The van der Waals surface area contributed by atoms with E-state index < -0.39 is 11.9 Å². The molecule has 0 saturated heterocycles. The summed E-state index contributed by atoms with van der Waals surface area (Å²) in [5, 5.41) is 10.2. The Hall–Kier alpha value is -2.40. The summed E-state index contributed by atoms with van der Waals surface area (Å²) in [4.78, 5) is 14.1. The van der Waals surface area contributed by atoms with Crippen LogP contribution in [0.2, 0.25) is 0 Å². The highest BCUT2D eigenvalue weighted by molar-refractivity contribution is 5.77. The molecule has 0 radical (unpaired) electrons. The number of nitrogens with zero attached hydrogens (tertiary/aromatic N) is 1. The Balaban J connectivity index is 1.61. The van der Waals surface area contributed by atoms with Crippen LogP contribution in [0.5, 0.6) is 5.75 Å². The van der Waals surface area contributed by atoms with E-state index in [1.54, 1.807) is 18.0 Å². The number of benzene rings is 2. The first-order valence-corrected chi connectivity index (χ1v) is 8.39. The lowest BCUT2D eigenvalue weighted by molar-refractivity contribution is -0.135. The summed E-state index contributed by atoms with van der Waals surface area (Å²) in [6.45, 7) is 1.93.